The van der Waals surface area contributed by atoms with Gasteiger partial charge in [0.15, 0.2) is 5.69 Å². The van der Waals surface area contributed by atoms with Gasteiger partial charge in [0, 0.05) is 0 Å². The van der Waals surface area contributed by atoms with E-state index < -0.39 is 0 Å². The molecule has 1 amide bonds. The van der Waals surface area contributed by atoms with Gasteiger partial charge in [0.25, 0.3) is 5.91 Å². The highest BCUT2D eigenvalue weighted by molar-refractivity contribution is 5.92. The van der Waals surface area contributed by atoms with Gasteiger partial charge in [-0.05, 0) is 37.1 Å². The molecule has 6 heteroatoms. The lowest BCUT2D eigenvalue weighted by Gasteiger charge is -2.14. The van der Waals surface area contributed by atoms with Crippen molar-refractivity contribution in [3.8, 4) is 5.75 Å². The minimum absolute atomic E-state index is 0.141. The van der Waals surface area contributed by atoms with E-state index in [1.165, 1.54) is 0 Å². The number of hydrogen-bond donors (Lipinski definition) is 1. The third-order valence-electron chi connectivity index (χ3n) is 4.00. The molecule has 0 saturated carbocycles. The van der Waals surface area contributed by atoms with Crippen LogP contribution in [0, 0.1) is 0 Å². The van der Waals surface area contributed by atoms with E-state index >= 15 is 0 Å². The Bertz CT molecular complexity index is 844. The Kier molecular flexibility index (Phi) is 5.63. The third kappa shape index (κ3) is 4.47. The zero-order valence-electron chi connectivity index (χ0n) is 14.9. The van der Waals surface area contributed by atoms with Gasteiger partial charge in [-0.15, -0.1) is 5.10 Å². The molecule has 0 aliphatic rings. The van der Waals surface area contributed by atoms with Crippen molar-refractivity contribution in [2.45, 2.75) is 26.4 Å². The highest BCUT2D eigenvalue weighted by Crippen LogP contribution is 2.18. The molecule has 1 atom stereocenters. The van der Waals surface area contributed by atoms with Gasteiger partial charge in [-0.3, -0.25) is 4.79 Å². The van der Waals surface area contributed by atoms with E-state index in [0.717, 1.165) is 16.9 Å². The normalized spacial score (nSPS) is 11.8. The summed E-state index contributed by atoms with van der Waals surface area (Å²) < 4.78 is 7.09. The van der Waals surface area contributed by atoms with Crippen LogP contribution in [0.15, 0.2) is 60.8 Å². The second kappa shape index (κ2) is 8.29. The predicted octanol–water partition coefficient (Wildman–Crippen LogP) is 3.22. The molecule has 0 saturated heterocycles. The van der Waals surface area contributed by atoms with E-state index in [-0.39, 0.29) is 11.9 Å². The molecule has 0 aliphatic carbocycles. The average molecular weight is 350 g/mol. The van der Waals surface area contributed by atoms with Crippen molar-refractivity contribution >= 4 is 5.91 Å². The van der Waals surface area contributed by atoms with Gasteiger partial charge < -0.3 is 10.1 Å². The molecule has 0 unspecified atom stereocenters. The van der Waals surface area contributed by atoms with Crippen molar-refractivity contribution in [2.75, 3.05) is 6.61 Å². The highest BCUT2D eigenvalue weighted by atomic mass is 16.5. The van der Waals surface area contributed by atoms with E-state index in [4.69, 9.17) is 4.74 Å². The molecule has 0 bridgehead atoms. The number of carbonyl (C=O) groups excluding carboxylic acids is 1. The predicted molar refractivity (Wildman–Crippen MR) is 99.1 cm³/mol. The fourth-order valence-electron chi connectivity index (χ4n) is 2.62. The van der Waals surface area contributed by atoms with E-state index in [1.54, 1.807) is 10.9 Å². The maximum absolute atomic E-state index is 12.4. The number of nitrogens with zero attached hydrogens (tertiary/aromatic N) is 3. The molecule has 3 aromatic rings. The van der Waals surface area contributed by atoms with Crippen LogP contribution in [0.5, 0.6) is 5.75 Å². The number of nitrogens with one attached hydrogen (secondary N) is 1. The molecular formula is C20H22N4O2. The van der Waals surface area contributed by atoms with Crippen LogP contribution >= 0.6 is 0 Å². The molecule has 1 N–H and O–H groups in total. The lowest BCUT2D eigenvalue weighted by atomic mass is 10.1. The van der Waals surface area contributed by atoms with Crippen LogP contribution in [-0.4, -0.2) is 27.5 Å². The SMILES string of the molecule is CCOc1ccc([C@@H](C)NC(=O)c2cn(Cc3ccccc3)nn2)cc1. The van der Waals surface area contributed by atoms with Crippen molar-refractivity contribution in [3.63, 3.8) is 0 Å². The van der Waals surface area contributed by atoms with E-state index in [1.807, 2.05) is 68.4 Å². The minimum atomic E-state index is -0.245. The monoisotopic (exact) mass is 350 g/mol. The number of rotatable bonds is 7. The smallest absolute Gasteiger partial charge is 0.273 e. The number of ether oxygens (including phenoxy) is 1. The molecule has 0 aliphatic heterocycles. The summed E-state index contributed by atoms with van der Waals surface area (Å²) in [6.45, 7) is 5.09. The molecule has 1 aromatic heterocycles. The summed E-state index contributed by atoms with van der Waals surface area (Å²) in [5.74, 6) is 0.573. The van der Waals surface area contributed by atoms with Crippen LogP contribution in [0.3, 0.4) is 0 Å². The fraction of sp³-hybridized carbons (Fsp3) is 0.250. The first-order valence-corrected chi connectivity index (χ1v) is 8.63. The summed E-state index contributed by atoms with van der Waals surface area (Å²) in [7, 11) is 0. The molecule has 1 heterocycles. The summed E-state index contributed by atoms with van der Waals surface area (Å²) in [6, 6.07) is 17.5. The van der Waals surface area contributed by atoms with Crippen molar-refractivity contribution in [2.24, 2.45) is 0 Å². The maximum atomic E-state index is 12.4. The lowest BCUT2D eigenvalue weighted by Crippen LogP contribution is -2.27. The fourth-order valence-corrected chi connectivity index (χ4v) is 2.62. The molecule has 0 radical (unpaired) electrons. The van der Waals surface area contributed by atoms with Gasteiger partial charge in [0.1, 0.15) is 5.75 Å². The van der Waals surface area contributed by atoms with Crippen LogP contribution in [0.25, 0.3) is 0 Å². The Morgan fingerprint density at radius 3 is 2.58 bits per heavy atom. The Morgan fingerprint density at radius 2 is 1.88 bits per heavy atom. The number of carbonyl (C=O) groups is 1. The summed E-state index contributed by atoms with van der Waals surface area (Å²) in [4.78, 5) is 12.4. The van der Waals surface area contributed by atoms with Crippen molar-refractivity contribution in [3.05, 3.63) is 77.6 Å². The lowest BCUT2D eigenvalue weighted by molar-refractivity contribution is 0.0934. The highest BCUT2D eigenvalue weighted by Gasteiger charge is 2.15. The molecule has 0 spiro atoms. The van der Waals surface area contributed by atoms with Gasteiger partial charge >= 0.3 is 0 Å². The third-order valence-corrected chi connectivity index (χ3v) is 4.00. The quantitative estimate of drug-likeness (QED) is 0.710. The van der Waals surface area contributed by atoms with Crippen LogP contribution in [-0.2, 0) is 6.54 Å². The Labute approximate surface area is 152 Å². The zero-order chi connectivity index (χ0) is 18.4. The minimum Gasteiger partial charge on any atom is -0.494 e. The summed E-state index contributed by atoms with van der Waals surface area (Å²) in [5, 5.41) is 11.0. The van der Waals surface area contributed by atoms with Gasteiger partial charge in [-0.1, -0.05) is 47.7 Å². The Hall–Kier alpha value is -3.15. The van der Waals surface area contributed by atoms with Crippen LogP contribution in [0.1, 0.15) is 41.5 Å². The van der Waals surface area contributed by atoms with Crippen LogP contribution in [0.2, 0.25) is 0 Å². The number of benzene rings is 2. The molecule has 134 valence electrons. The van der Waals surface area contributed by atoms with Crippen LogP contribution < -0.4 is 10.1 Å². The zero-order valence-corrected chi connectivity index (χ0v) is 14.9. The summed E-state index contributed by atoms with van der Waals surface area (Å²) in [6.07, 6.45) is 1.66. The average Bonchev–Trinajstić information content (AvgIpc) is 3.12. The maximum Gasteiger partial charge on any atom is 0.273 e. The molecule has 3 rings (SSSR count). The van der Waals surface area contributed by atoms with Gasteiger partial charge in [0.05, 0.1) is 25.4 Å². The van der Waals surface area contributed by atoms with Crippen LogP contribution in [0.4, 0.5) is 0 Å². The topological polar surface area (TPSA) is 69.0 Å². The molecule has 6 nitrogen and oxygen atoms in total. The molecular weight excluding hydrogens is 328 g/mol. The molecule has 26 heavy (non-hydrogen) atoms. The number of hydrogen-bond acceptors (Lipinski definition) is 4. The first kappa shape index (κ1) is 17.7. The summed E-state index contributed by atoms with van der Waals surface area (Å²) in [5.41, 5.74) is 2.41. The molecule has 0 fully saturated rings. The largest absolute Gasteiger partial charge is 0.494 e. The van der Waals surface area contributed by atoms with Crippen molar-refractivity contribution < 1.29 is 9.53 Å². The number of aromatic nitrogens is 3. The van der Waals surface area contributed by atoms with Crippen molar-refractivity contribution in [1.29, 1.82) is 0 Å². The Balaban J connectivity index is 1.60. The second-order valence-corrected chi connectivity index (χ2v) is 5.98. The first-order valence-electron chi connectivity index (χ1n) is 8.63. The Morgan fingerprint density at radius 1 is 1.15 bits per heavy atom. The summed E-state index contributed by atoms with van der Waals surface area (Å²) >= 11 is 0. The van der Waals surface area contributed by atoms with Gasteiger partial charge in [-0.25, -0.2) is 4.68 Å². The van der Waals surface area contributed by atoms with E-state index in [2.05, 4.69) is 15.6 Å². The van der Waals surface area contributed by atoms with E-state index in [0.29, 0.717) is 18.8 Å². The number of amides is 1. The first-order chi connectivity index (χ1) is 12.7. The van der Waals surface area contributed by atoms with Gasteiger partial charge in [-0.2, -0.15) is 0 Å². The van der Waals surface area contributed by atoms with Crippen molar-refractivity contribution in [1.82, 2.24) is 20.3 Å². The second-order valence-electron chi connectivity index (χ2n) is 5.98. The van der Waals surface area contributed by atoms with E-state index in [9.17, 15) is 4.79 Å². The standard InChI is InChI=1S/C20H22N4O2/c1-3-26-18-11-9-17(10-12-18)15(2)21-20(25)19-14-24(23-22-19)13-16-7-5-4-6-8-16/h4-12,14-15H,3,13H2,1-2H3,(H,21,25)/t15-/m1/s1. The van der Waals surface area contributed by atoms with Gasteiger partial charge in [0.2, 0.25) is 0 Å². The molecule has 2 aromatic carbocycles.